The summed E-state index contributed by atoms with van der Waals surface area (Å²) in [7, 11) is 0. The second-order valence-electron chi connectivity index (χ2n) is 3.79. The molecule has 8 nitrogen and oxygen atoms in total. The highest BCUT2D eigenvalue weighted by Gasteiger charge is 2.20. The second-order valence-corrected chi connectivity index (χ2v) is 3.79. The number of hydrogen-bond acceptors (Lipinski definition) is 5. The molecule has 0 aromatic carbocycles. The lowest BCUT2D eigenvalue weighted by atomic mass is 10.1. The van der Waals surface area contributed by atoms with Gasteiger partial charge in [-0.25, -0.2) is 0 Å². The number of rotatable bonds is 8. The summed E-state index contributed by atoms with van der Waals surface area (Å²) >= 11 is 0. The molecule has 4 N–H and O–H groups in total. The number of nitrogens with zero attached hydrogens (tertiary/aromatic N) is 1. The van der Waals surface area contributed by atoms with E-state index >= 15 is 0 Å². The maximum atomic E-state index is 11.6. The first-order valence-electron chi connectivity index (χ1n) is 5.21. The Balaban J connectivity index is 4.41. The quantitative estimate of drug-likeness (QED) is 0.492. The van der Waals surface area contributed by atoms with Crippen molar-refractivity contribution in [3.05, 3.63) is 0 Å². The van der Waals surface area contributed by atoms with Crippen LogP contribution in [0.5, 0.6) is 0 Å². The van der Waals surface area contributed by atoms with Gasteiger partial charge in [0.15, 0.2) is 0 Å². The van der Waals surface area contributed by atoms with E-state index in [0.717, 1.165) is 0 Å². The van der Waals surface area contributed by atoms with Crippen LogP contribution >= 0.6 is 0 Å². The molecule has 0 aliphatic heterocycles. The topological polar surface area (TPSA) is 138 Å². The average Bonchev–Trinajstić information content (AvgIpc) is 2.22. The van der Waals surface area contributed by atoms with Crippen molar-refractivity contribution in [1.29, 1.82) is 0 Å². The average molecular weight is 260 g/mol. The molecule has 0 bridgehead atoms. The van der Waals surface area contributed by atoms with Crippen LogP contribution in [0.4, 0.5) is 0 Å². The summed E-state index contributed by atoms with van der Waals surface area (Å²) in [5, 5.41) is 17.1. The SMILES string of the molecule is CC(=O)[C@@H](N)CCC(=O)N(CC(=O)O)CC(=O)O. The first-order valence-corrected chi connectivity index (χ1v) is 5.21. The van der Waals surface area contributed by atoms with Gasteiger partial charge in [-0.05, 0) is 13.3 Å². The minimum atomic E-state index is -1.31. The number of aliphatic carboxylic acids is 2. The molecule has 8 heteroatoms. The Labute approximate surface area is 103 Å². The number of carbonyl (C=O) groups is 4. The molecule has 0 rings (SSSR count). The number of nitrogens with two attached hydrogens (primary N) is 1. The number of Topliss-reactive ketones (excluding diaryl/α,β-unsaturated/α-hetero) is 1. The molecule has 0 radical (unpaired) electrons. The van der Waals surface area contributed by atoms with Crippen molar-refractivity contribution in [2.45, 2.75) is 25.8 Å². The van der Waals surface area contributed by atoms with Gasteiger partial charge in [0.25, 0.3) is 0 Å². The summed E-state index contributed by atoms with van der Waals surface area (Å²) in [6, 6.07) is -0.801. The summed E-state index contributed by atoms with van der Waals surface area (Å²) < 4.78 is 0. The van der Waals surface area contributed by atoms with Gasteiger partial charge in [0.1, 0.15) is 18.9 Å². The van der Waals surface area contributed by atoms with Crippen molar-refractivity contribution >= 4 is 23.6 Å². The van der Waals surface area contributed by atoms with Crippen molar-refractivity contribution < 1.29 is 29.4 Å². The molecular formula is C10H16N2O6. The largest absolute Gasteiger partial charge is 0.480 e. The molecule has 0 unspecified atom stereocenters. The summed E-state index contributed by atoms with van der Waals surface area (Å²) in [5.41, 5.74) is 5.41. The lowest BCUT2D eigenvalue weighted by molar-refractivity contribution is -0.149. The fourth-order valence-corrected chi connectivity index (χ4v) is 1.20. The van der Waals surface area contributed by atoms with Crippen molar-refractivity contribution in [2.24, 2.45) is 5.73 Å². The van der Waals surface area contributed by atoms with Gasteiger partial charge in [0, 0.05) is 6.42 Å². The predicted octanol–water partition coefficient (Wildman–Crippen LogP) is -1.32. The third kappa shape index (κ3) is 6.59. The number of hydrogen-bond donors (Lipinski definition) is 3. The Bertz CT molecular complexity index is 338. The molecule has 0 aliphatic rings. The van der Waals surface area contributed by atoms with Crippen molar-refractivity contribution in [2.75, 3.05) is 13.1 Å². The van der Waals surface area contributed by atoms with Gasteiger partial charge in [0.2, 0.25) is 5.91 Å². The zero-order valence-electron chi connectivity index (χ0n) is 9.96. The van der Waals surface area contributed by atoms with Gasteiger partial charge in [-0.15, -0.1) is 0 Å². The fourth-order valence-electron chi connectivity index (χ4n) is 1.20. The summed E-state index contributed by atoms with van der Waals surface area (Å²) in [6.07, 6.45) is -0.106. The maximum Gasteiger partial charge on any atom is 0.323 e. The predicted molar refractivity (Wildman–Crippen MR) is 59.7 cm³/mol. The Morgan fingerprint density at radius 2 is 1.56 bits per heavy atom. The highest BCUT2D eigenvalue weighted by molar-refractivity contribution is 5.86. The lowest BCUT2D eigenvalue weighted by Gasteiger charge is -2.19. The van der Waals surface area contributed by atoms with E-state index < -0.39 is 37.0 Å². The molecule has 1 atom stereocenters. The van der Waals surface area contributed by atoms with Crippen LogP contribution in [0.25, 0.3) is 0 Å². The monoisotopic (exact) mass is 260 g/mol. The van der Waals surface area contributed by atoms with Crippen LogP contribution in [0.2, 0.25) is 0 Å². The van der Waals surface area contributed by atoms with Gasteiger partial charge in [-0.1, -0.05) is 0 Å². The van der Waals surface area contributed by atoms with Crippen molar-refractivity contribution in [3.63, 3.8) is 0 Å². The molecule has 0 aromatic rings. The van der Waals surface area contributed by atoms with Gasteiger partial charge in [0.05, 0.1) is 6.04 Å². The van der Waals surface area contributed by atoms with Gasteiger partial charge in [-0.2, -0.15) is 0 Å². The molecule has 18 heavy (non-hydrogen) atoms. The third-order valence-electron chi connectivity index (χ3n) is 2.20. The van der Waals surface area contributed by atoms with E-state index in [1.807, 2.05) is 0 Å². The van der Waals surface area contributed by atoms with Crippen LogP contribution < -0.4 is 5.73 Å². The van der Waals surface area contributed by atoms with Crippen molar-refractivity contribution in [1.82, 2.24) is 4.90 Å². The summed E-state index contributed by atoms with van der Waals surface area (Å²) in [5.74, 6) is -3.55. The number of carbonyl (C=O) groups excluding carboxylic acids is 2. The van der Waals surface area contributed by atoms with E-state index in [1.54, 1.807) is 0 Å². The fraction of sp³-hybridized carbons (Fsp3) is 0.600. The van der Waals surface area contributed by atoms with E-state index in [1.165, 1.54) is 6.92 Å². The minimum absolute atomic E-state index is 0.0594. The van der Waals surface area contributed by atoms with Crippen molar-refractivity contribution in [3.8, 4) is 0 Å². The lowest BCUT2D eigenvalue weighted by Crippen LogP contribution is -2.40. The van der Waals surface area contributed by atoms with Crippen LogP contribution in [-0.4, -0.2) is 57.9 Å². The molecule has 0 saturated heterocycles. The molecule has 0 aromatic heterocycles. The molecule has 102 valence electrons. The molecule has 0 heterocycles. The highest BCUT2D eigenvalue weighted by Crippen LogP contribution is 2.01. The van der Waals surface area contributed by atoms with E-state index in [4.69, 9.17) is 15.9 Å². The Morgan fingerprint density at radius 3 is 1.89 bits per heavy atom. The highest BCUT2D eigenvalue weighted by atomic mass is 16.4. The number of ketones is 1. The number of carboxylic acid groups (broad SMARTS) is 2. The Kier molecular flexibility index (Phi) is 6.58. The van der Waals surface area contributed by atoms with Gasteiger partial charge < -0.3 is 20.8 Å². The number of carboxylic acids is 2. The molecular weight excluding hydrogens is 244 g/mol. The first-order chi connectivity index (χ1) is 8.23. The maximum absolute atomic E-state index is 11.6. The smallest absolute Gasteiger partial charge is 0.323 e. The summed E-state index contributed by atoms with van der Waals surface area (Å²) in [4.78, 5) is 44.1. The van der Waals surface area contributed by atoms with E-state index in [-0.39, 0.29) is 18.6 Å². The summed E-state index contributed by atoms with van der Waals surface area (Å²) in [6.45, 7) is -0.109. The van der Waals surface area contributed by atoms with Crippen LogP contribution in [-0.2, 0) is 19.2 Å². The number of amides is 1. The standard InChI is InChI=1S/C10H16N2O6/c1-6(13)7(11)2-3-8(14)12(4-9(15)16)5-10(17)18/h7H,2-5,11H2,1H3,(H,15,16)(H,17,18)/t7-/m0/s1. The first kappa shape index (κ1) is 16.0. The normalized spacial score (nSPS) is 11.7. The van der Waals surface area contributed by atoms with Gasteiger partial charge in [-0.3, -0.25) is 19.2 Å². The van der Waals surface area contributed by atoms with Crippen LogP contribution in [0, 0.1) is 0 Å². The molecule has 0 spiro atoms. The van der Waals surface area contributed by atoms with E-state index in [0.29, 0.717) is 4.90 Å². The van der Waals surface area contributed by atoms with E-state index in [9.17, 15) is 19.2 Å². The van der Waals surface area contributed by atoms with Crippen LogP contribution in [0.1, 0.15) is 19.8 Å². The van der Waals surface area contributed by atoms with Crippen LogP contribution in [0.15, 0.2) is 0 Å². The Hall–Kier alpha value is -1.96. The second kappa shape index (κ2) is 7.38. The zero-order chi connectivity index (χ0) is 14.3. The molecule has 1 amide bonds. The van der Waals surface area contributed by atoms with Crippen LogP contribution in [0.3, 0.4) is 0 Å². The molecule has 0 saturated carbocycles. The zero-order valence-corrected chi connectivity index (χ0v) is 9.96. The molecule has 0 fully saturated rings. The minimum Gasteiger partial charge on any atom is -0.480 e. The third-order valence-corrected chi connectivity index (χ3v) is 2.20. The van der Waals surface area contributed by atoms with E-state index in [2.05, 4.69) is 0 Å². The Morgan fingerprint density at radius 1 is 1.11 bits per heavy atom. The van der Waals surface area contributed by atoms with Gasteiger partial charge >= 0.3 is 11.9 Å². The molecule has 0 aliphatic carbocycles.